The molecule has 0 radical (unpaired) electrons. The lowest BCUT2D eigenvalue weighted by atomic mass is 10.2. The molecule has 0 saturated heterocycles. The Hall–Kier alpha value is -1.70. The molecule has 2 heterocycles. The molecule has 7 heteroatoms. The van der Waals surface area contributed by atoms with Crippen molar-refractivity contribution in [2.45, 2.75) is 31.4 Å². The molecule has 0 atom stereocenters. The van der Waals surface area contributed by atoms with Gasteiger partial charge < -0.3 is 9.67 Å². The third-order valence-corrected chi connectivity index (χ3v) is 4.63. The summed E-state index contributed by atoms with van der Waals surface area (Å²) >= 11 is 0. The van der Waals surface area contributed by atoms with E-state index in [9.17, 15) is 13.5 Å². The SMILES string of the molecule is CCn1cc(S(=O)(=O)NCCc2cccnc2)cc1CO. The molecule has 0 aromatic carbocycles. The highest BCUT2D eigenvalue weighted by atomic mass is 32.2. The van der Waals surface area contributed by atoms with Crippen LogP contribution in [0, 0.1) is 0 Å². The second-order valence-electron chi connectivity index (χ2n) is 4.62. The Morgan fingerprint density at radius 2 is 2.24 bits per heavy atom. The number of nitrogens with one attached hydrogen (secondary N) is 1. The summed E-state index contributed by atoms with van der Waals surface area (Å²) in [6.07, 6.45) is 5.51. The first-order valence-electron chi connectivity index (χ1n) is 6.75. The third kappa shape index (κ3) is 3.90. The first-order chi connectivity index (χ1) is 10.1. The lowest BCUT2D eigenvalue weighted by Crippen LogP contribution is -2.25. The molecule has 0 aliphatic heterocycles. The summed E-state index contributed by atoms with van der Waals surface area (Å²) in [5.41, 5.74) is 1.56. The van der Waals surface area contributed by atoms with Crippen LogP contribution >= 0.6 is 0 Å². The predicted octanol–water partition coefficient (Wildman–Crippen LogP) is 0.916. The molecule has 2 aromatic rings. The van der Waals surface area contributed by atoms with Crippen molar-refractivity contribution in [1.82, 2.24) is 14.3 Å². The molecular formula is C14H19N3O3S. The number of sulfonamides is 1. The zero-order valence-corrected chi connectivity index (χ0v) is 12.7. The van der Waals surface area contributed by atoms with Gasteiger partial charge in [0.15, 0.2) is 0 Å². The third-order valence-electron chi connectivity index (χ3n) is 3.20. The molecule has 0 saturated carbocycles. The molecule has 2 rings (SSSR count). The zero-order valence-electron chi connectivity index (χ0n) is 11.9. The maximum Gasteiger partial charge on any atom is 0.242 e. The molecule has 0 amide bonds. The number of aliphatic hydroxyl groups excluding tert-OH is 1. The maximum atomic E-state index is 12.2. The van der Waals surface area contributed by atoms with Gasteiger partial charge in [-0.05, 0) is 31.0 Å². The minimum absolute atomic E-state index is 0.180. The molecule has 2 aromatic heterocycles. The fourth-order valence-electron chi connectivity index (χ4n) is 2.06. The van der Waals surface area contributed by atoms with Gasteiger partial charge in [-0.2, -0.15) is 0 Å². The minimum Gasteiger partial charge on any atom is -0.390 e. The second kappa shape index (κ2) is 6.84. The highest BCUT2D eigenvalue weighted by Gasteiger charge is 2.17. The number of rotatable bonds is 7. The lowest BCUT2D eigenvalue weighted by molar-refractivity contribution is 0.271. The molecule has 0 spiro atoms. The summed E-state index contributed by atoms with van der Waals surface area (Å²) in [7, 11) is -3.55. The van der Waals surface area contributed by atoms with Gasteiger partial charge in [-0.15, -0.1) is 0 Å². The van der Waals surface area contributed by atoms with E-state index in [4.69, 9.17) is 0 Å². The fraction of sp³-hybridized carbons (Fsp3) is 0.357. The van der Waals surface area contributed by atoms with Crippen LogP contribution in [-0.4, -0.2) is 29.6 Å². The van der Waals surface area contributed by atoms with Crippen LogP contribution < -0.4 is 4.72 Å². The van der Waals surface area contributed by atoms with Gasteiger partial charge in [-0.3, -0.25) is 4.98 Å². The van der Waals surface area contributed by atoms with Gasteiger partial charge in [0.1, 0.15) is 0 Å². The van der Waals surface area contributed by atoms with E-state index in [0.717, 1.165) is 5.56 Å². The summed E-state index contributed by atoms with van der Waals surface area (Å²) in [5.74, 6) is 0. The Morgan fingerprint density at radius 1 is 1.43 bits per heavy atom. The Balaban J connectivity index is 2.03. The largest absolute Gasteiger partial charge is 0.390 e. The van der Waals surface area contributed by atoms with E-state index in [0.29, 0.717) is 25.2 Å². The summed E-state index contributed by atoms with van der Waals surface area (Å²) in [5, 5.41) is 9.21. The van der Waals surface area contributed by atoms with Crippen molar-refractivity contribution >= 4 is 10.0 Å². The van der Waals surface area contributed by atoms with Gasteiger partial charge in [0.05, 0.1) is 11.5 Å². The van der Waals surface area contributed by atoms with Crippen LogP contribution in [0.3, 0.4) is 0 Å². The van der Waals surface area contributed by atoms with Crippen molar-refractivity contribution in [3.05, 3.63) is 48.0 Å². The van der Waals surface area contributed by atoms with Gasteiger partial charge in [0.2, 0.25) is 10.0 Å². The topological polar surface area (TPSA) is 84.2 Å². The number of pyridine rings is 1. The van der Waals surface area contributed by atoms with Crippen molar-refractivity contribution in [2.24, 2.45) is 0 Å². The molecule has 21 heavy (non-hydrogen) atoms. The van der Waals surface area contributed by atoms with E-state index < -0.39 is 10.0 Å². The van der Waals surface area contributed by atoms with Gasteiger partial charge >= 0.3 is 0 Å². The quantitative estimate of drug-likeness (QED) is 0.796. The first kappa shape index (κ1) is 15.7. The highest BCUT2D eigenvalue weighted by molar-refractivity contribution is 7.89. The standard InChI is InChI=1S/C14H19N3O3S/c1-2-17-10-14(8-13(17)11-18)21(19,20)16-7-5-12-4-3-6-15-9-12/h3-4,6,8-10,16,18H,2,5,7,11H2,1H3. The van der Waals surface area contributed by atoms with E-state index >= 15 is 0 Å². The number of hydrogen-bond acceptors (Lipinski definition) is 4. The number of hydrogen-bond donors (Lipinski definition) is 2. The van der Waals surface area contributed by atoms with Crippen LogP contribution in [0.1, 0.15) is 18.2 Å². The molecule has 114 valence electrons. The van der Waals surface area contributed by atoms with Crippen LogP contribution in [0.4, 0.5) is 0 Å². The number of aromatic nitrogens is 2. The van der Waals surface area contributed by atoms with Gasteiger partial charge in [0.25, 0.3) is 0 Å². The van der Waals surface area contributed by atoms with Gasteiger partial charge in [-0.25, -0.2) is 13.1 Å². The molecule has 0 bridgehead atoms. The van der Waals surface area contributed by atoms with E-state index in [1.165, 1.54) is 12.3 Å². The molecular weight excluding hydrogens is 290 g/mol. The monoisotopic (exact) mass is 309 g/mol. The van der Waals surface area contributed by atoms with Crippen LogP contribution in [0.15, 0.2) is 41.7 Å². The highest BCUT2D eigenvalue weighted by Crippen LogP contribution is 2.14. The van der Waals surface area contributed by atoms with E-state index in [2.05, 4.69) is 9.71 Å². The molecule has 2 N–H and O–H groups in total. The summed E-state index contributed by atoms with van der Waals surface area (Å²) in [4.78, 5) is 4.17. The van der Waals surface area contributed by atoms with Crippen LogP contribution in [0.2, 0.25) is 0 Å². The van der Waals surface area contributed by atoms with Crippen molar-refractivity contribution in [2.75, 3.05) is 6.54 Å². The lowest BCUT2D eigenvalue weighted by Gasteiger charge is -2.05. The first-order valence-corrected chi connectivity index (χ1v) is 8.23. The van der Waals surface area contributed by atoms with Crippen molar-refractivity contribution < 1.29 is 13.5 Å². The fourth-order valence-corrected chi connectivity index (χ4v) is 3.15. The zero-order chi connectivity index (χ0) is 15.3. The Kier molecular flexibility index (Phi) is 5.11. The van der Waals surface area contributed by atoms with E-state index in [1.807, 2.05) is 19.1 Å². The van der Waals surface area contributed by atoms with Crippen LogP contribution in [-0.2, 0) is 29.6 Å². The van der Waals surface area contributed by atoms with E-state index in [-0.39, 0.29) is 11.5 Å². The van der Waals surface area contributed by atoms with E-state index in [1.54, 1.807) is 17.0 Å². The Morgan fingerprint density at radius 3 is 2.81 bits per heavy atom. The number of nitrogens with zero attached hydrogens (tertiary/aromatic N) is 2. The summed E-state index contributed by atoms with van der Waals surface area (Å²) < 4.78 is 28.7. The van der Waals surface area contributed by atoms with Crippen LogP contribution in [0.5, 0.6) is 0 Å². The molecule has 0 fully saturated rings. The average Bonchev–Trinajstić information content (AvgIpc) is 2.92. The molecule has 0 unspecified atom stereocenters. The van der Waals surface area contributed by atoms with Crippen molar-refractivity contribution in [3.63, 3.8) is 0 Å². The Labute approximate surface area is 124 Å². The van der Waals surface area contributed by atoms with Gasteiger partial charge in [0, 0.05) is 37.4 Å². The van der Waals surface area contributed by atoms with Crippen molar-refractivity contribution in [1.29, 1.82) is 0 Å². The smallest absolute Gasteiger partial charge is 0.242 e. The van der Waals surface area contributed by atoms with Crippen LogP contribution in [0.25, 0.3) is 0 Å². The van der Waals surface area contributed by atoms with Gasteiger partial charge in [-0.1, -0.05) is 6.07 Å². The normalized spacial score (nSPS) is 11.7. The maximum absolute atomic E-state index is 12.2. The predicted molar refractivity (Wildman–Crippen MR) is 79.2 cm³/mol. The Bertz CT molecular complexity index is 659. The summed E-state index contributed by atoms with van der Waals surface area (Å²) in [6, 6.07) is 5.22. The number of aryl methyl sites for hydroxylation is 1. The molecule has 6 nitrogen and oxygen atoms in total. The molecule has 0 aliphatic carbocycles. The average molecular weight is 309 g/mol. The number of aliphatic hydroxyl groups is 1. The van der Waals surface area contributed by atoms with Crippen molar-refractivity contribution in [3.8, 4) is 0 Å². The second-order valence-corrected chi connectivity index (χ2v) is 6.39. The minimum atomic E-state index is -3.55. The summed E-state index contributed by atoms with van der Waals surface area (Å²) in [6.45, 7) is 2.63. The molecule has 0 aliphatic rings.